The lowest BCUT2D eigenvalue weighted by atomic mass is 10.1. The molecular formula is C20H13F7N4O. The highest BCUT2D eigenvalue weighted by atomic mass is 19.4. The van der Waals surface area contributed by atoms with Gasteiger partial charge in [0.25, 0.3) is 5.91 Å². The van der Waals surface area contributed by atoms with Crippen molar-refractivity contribution in [2.24, 2.45) is 0 Å². The lowest BCUT2D eigenvalue weighted by molar-refractivity contribution is -0.138. The summed E-state index contributed by atoms with van der Waals surface area (Å²) in [5, 5.41) is 4.27. The number of hydrogen-bond acceptors (Lipinski definition) is 3. The number of halogens is 7. The minimum atomic E-state index is -4.69. The molecule has 32 heavy (non-hydrogen) atoms. The average Bonchev–Trinajstić information content (AvgIpc) is 3.04. The van der Waals surface area contributed by atoms with Crippen LogP contribution in [-0.2, 0) is 17.1 Å². The highest BCUT2D eigenvalue weighted by Gasteiger charge is 2.37. The third kappa shape index (κ3) is 3.80. The van der Waals surface area contributed by atoms with Gasteiger partial charge in [-0.15, -0.1) is 0 Å². The largest absolute Gasteiger partial charge is 0.417 e. The Morgan fingerprint density at radius 1 is 1.00 bits per heavy atom. The van der Waals surface area contributed by atoms with Crippen molar-refractivity contribution >= 4 is 16.9 Å². The average molecular weight is 458 g/mol. The first-order valence-electron chi connectivity index (χ1n) is 9.13. The molecule has 4 rings (SSSR count). The van der Waals surface area contributed by atoms with Crippen LogP contribution >= 0.6 is 0 Å². The van der Waals surface area contributed by atoms with Crippen molar-refractivity contribution in [2.75, 3.05) is 13.1 Å². The summed E-state index contributed by atoms with van der Waals surface area (Å²) in [6.45, 7) is 2.97. The van der Waals surface area contributed by atoms with E-state index in [1.54, 1.807) is 0 Å². The van der Waals surface area contributed by atoms with Crippen LogP contribution in [0, 0.1) is 0 Å². The maximum Gasteiger partial charge on any atom is 0.417 e. The van der Waals surface area contributed by atoms with Crippen molar-refractivity contribution in [1.29, 1.82) is 0 Å². The molecule has 3 heterocycles. The number of hydrogen-bond donors (Lipinski definition) is 0. The smallest absolute Gasteiger partial charge is 0.332 e. The third-order valence-corrected chi connectivity index (χ3v) is 5.09. The van der Waals surface area contributed by atoms with Crippen LogP contribution in [-0.4, -0.2) is 38.7 Å². The van der Waals surface area contributed by atoms with E-state index in [9.17, 15) is 35.5 Å². The summed E-state index contributed by atoms with van der Waals surface area (Å²) in [7, 11) is 0. The SMILES string of the molecule is C=C(F)C(=O)N1CC(n2nc(-c3ccc(C(F)(F)F)cc3)c3cc(C(F)(F)F)cnc32)C1. The van der Waals surface area contributed by atoms with Crippen LogP contribution < -0.4 is 0 Å². The molecular weight excluding hydrogens is 445 g/mol. The van der Waals surface area contributed by atoms with Crippen LogP contribution in [0.3, 0.4) is 0 Å². The van der Waals surface area contributed by atoms with E-state index < -0.39 is 41.3 Å². The number of aromatic nitrogens is 3. The Balaban J connectivity index is 1.78. The number of amides is 1. The van der Waals surface area contributed by atoms with Crippen molar-refractivity contribution in [2.45, 2.75) is 18.4 Å². The normalized spacial score (nSPS) is 15.2. The van der Waals surface area contributed by atoms with Crippen LogP contribution in [0.2, 0.25) is 0 Å². The number of fused-ring (bicyclic) bond motifs is 1. The van der Waals surface area contributed by atoms with Crippen molar-refractivity contribution in [1.82, 2.24) is 19.7 Å². The number of carbonyl (C=O) groups excluding carboxylic acids is 1. The Morgan fingerprint density at radius 2 is 1.59 bits per heavy atom. The van der Waals surface area contributed by atoms with Gasteiger partial charge >= 0.3 is 12.4 Å². The monoisotopic (exact) mass is 458 g/mol. The quantitative estimate of drug-likeness (QED) is 0.410. The van der Waals surface area contributed by atoms with E-state index in [4.69, 9.17) is 0 Å². The van der Waals surface area contributed by atoms with Crippen molar-refractivity contribution in [3.63, 3.8) is 0 Å². The number of alkyl halides is 6. The highest BCUT2D eigenvalue weighted by Crippen LogP contribution is 2.37. The molecule has 0 spiro atoms. The molecule has 1 aromatic carbocycles. The van der Waals surface area contributed by atoms with Crippen LogP contribution in [0.15, 0.2) is 48.9 Å². The van der Waals surface area contributed by atoms with E-state index in [1.807, 2.05) is 0 Å². The van der Waals surface area contributed by atoms with Crippen molar-refractivity contribution < 1.29 is 35.5 Å². The molecule has 0 atom stereocenters. The molecule has 1 fully saturated rings. The maximum atomic E-state index is 13.2. The molecule has 1 amide bonds. The lowest BCUT2D eigenvalue weighted by Crippen LogP contribution is -2.51. The first-order valence-corrected chi connectivity index (χ1v) is 9.13. The molecule has 1 aliphatic heterocycles. The summed E-state index contributed by atoms with van der Waals surface area (Å²) >= 11 is 0. The first kappa shape index (κ1) is 21.8. The zero-order valence-corrected chi connectivity index (χ0v) is 16.0. The molecule has 5 nitrogen and oxygen atoms in total. The Bertz CT molecular complexity index is 1210. The third-order valence-electron chi connectivity index (χ3n) is 5.09. The van der Waals surface area contributed by atoms with Crippen LogP contribution in [0.4, 0.5) is 30.7 Å². The molecule has 1 saturated heterocycles. The van der Waals surface area contributed by atoms with Gasteiger partial charge in [-0.05, 0) is 18.2 Å². The standard InChI is InChI=1S/C20H13F7N4O/c1-10(21)18(32)30-8-14(9-30)31-17-15(6-13(7-28-17)20(25,26)27)16(29-31)11-2-4-12(5-3-11)19(22,23)24/h2-7,14H,1,8-9H2. The van der Waals surface area contributed by atoms with Gasteiger partial charge in [0.05, 0.1) is 17.2 Å². The number of rotatable bonds is 3. The number of benzene rings is 1. The van der Waals surface area contributed by atoms with Crippen LogP contribution in [0.1, 0.15) is 17.2 Å². The molecule has 2 aromatic heterocycles. The highest BCUT2D eigenvalue weighted by molar-refractivity contribution is 5.93. The van der Waals surface area contributed by atoms with Crippen molar-refractivity contribution in [3.8, 4) is 11.3 Å². The number of carbonyl (C=O) groups is 1. The Morgan fingerprint density at radius 3 is 2.12 bits per heavy atom. The molecule has 168 valence electrons. The van der Waals surface area contributed by atoms with E-state index in [0.29, 0.717) is 6.20 Å². The molecule has 0 N–H and O–H groups in total. The van der Waals surface area contributed by atoms with Gasteiger partial charge in [-0.2, -0.15) is 31.4 Å². The second-order valence-electron chi connectivity index (χ2n) is 7.23. The second kappa shape index (κ2) is 7.31. The van der Waals surface area contributed by atoms with Crippen molar-refractivity contribution in [3.05, 3.63) is 60.1 Å². The minimum Gasteiger partial charge on any atom is -0.332 e. The fourth-order valence-electron chi connectivity index (χ4n) is 3.41. The maximum absolute atomic E-state index is 13.2. The van der Waals surface area contributed by atoms with E-state index >= 15 is 0 Å². The molecule has 0 saturated carbocycles. The van der Waals surface area contributed by atoms with Gasteiger partial charge in [0.2, 0.25) is 0 Å². The fraction of sp³-hybridized carbons (Fsp3) is 0.250. The summed E-state index contributed by atoms with van der Waals surface area (Å²) in [5.41, 5.74) is -1.74. The van der Waals surface area contributed by atoms with Gasteiger partial charge in [0, 0.05) is 30.2 Å². The Hall–Kier alpha value is -3.44. The topological polar surface area (TPSA) is 51.0 Å². The molecule has 0 bridgehead atoms. The van der Waals surface area contributed by atoms with Gasteiger partial charge < -0.3 is 4.90 Å². The Kier molecular flexibility index (Phi) is 4.98. The van der Waals surface area contributed by atoms with Gasteiger partial charge in [-0.25, -0.2) is 14.1 Å². The lowest BCUT2D eigenvalue weighted by Gasteiger charge is -2.38. The van der Waals surface area contributed by atoms with E-state index in [0.717, 1.165) is 35.2 Å². The molecule has 0 unspecified atom stereocenters. The zero-order valence-electron chi connectivity index (χ0n) is 16.0. The molecule has 0 radical (unpaired) electrons. The summed E-state index contributed by atoms with van der Waals surface area (Å²) in [6, 6.07) is 4.14. The predicted octanol–water partition coefficient (Wildman–Crippen LogP) is 5.00. The number of nitrogens with zero attached hydrogens (tertiary/aromatic N) is 4. The number of pyridine rings is 1. The van der Waals surface area contributed by atoms with Gasteiger partial charge in [-0.3, -0.25) is 4.79 Å². The summed E-state index contributed by atoms with van der Waals surface area (Å²) in [5.74, 6) is -2.06. The molecule has 0 aliphatic carbocycles. The molecule has 12 heteroatoms. The summed E-state index contributed by atoms with van der Waals surface area (Å²) in [4.78, 5) is 16.7. The number of likely N-dealkylation sites (tertiary alicyclic amines) is 1. The fourth-order valence-corrected chi connectivity index (χ4v) is 3.41. The van der Waals surface area contributed by atoms with E-state index in [-0.39, 0.29) is 35.4 Å². The first-order chi connectivity index (χ1) is 14.9. The van der Waals surface area contributed by atoms with Crippen LogP contribution in [0.25, 0.3) is 22.3 Å². The zero-order chi connectivity index (χ0) is 23.4. The van der Waals surface area contributed by atoms with Gasteiger partial charge in [-0.1, -0.05) is 18.7 Å². The van der Waals surface area contributed by atoms with Gasteiger partial charge in [0.15, 0.2) is 11.5 Å². The van der Waals surface area contributed by atoms with E-state index in [2.05, 4.69) is 16.7 Å². The molecule has 3 aromatic rings. The predicted molar refractivity (Wildman–Crippen MR) is 98.8 cm³/mol. The van der Waals surface area contributed by atoms with Gasteiger partial charge in [0.1, 0.15) is 5.69 Å². The minimum absolute atomic E-state index is 0.00648. The molecule has 1 aliphatic rings. The second-order valence-corrected chi connectivity index (χ2v) is 7.23. The van der Waals surface area contributed by atoms with Crippen LogP contribution in [0.5, 0.6) is 0 Å². The Labute approximate surface area is 175 Å². The summed E-state index contributed by atoms with van der Waals surface area (Å²) < 4.78 is 92.6. The van der Waals surface area contributed by atoms with E-state index in [1.165, 1.54) is 4.68 Å². The summed E-state index contributed by atoms with van der Waals surface area (Å²) in [6.07, 6.45) is -8.64.